The fourth-order valence-electron chi connectivity index (χ4n) is 17.3. The van der Waals surface area contributed by atoms with E-state index in [1.165, 1.54) is 107 Å². The Morgan fingerprint density at radius 2 is 0.724 bits per heavy atom. The molecule has 4 aliphatic rings. The molecule has 2 unspecified atom stereocenters. The maximum Gasteiger partial charge on any atom is 3.00 e. The number of aryl methyl sites for hydroxylation is 8. The van der Waals surface area contributed by atoms with Crippen molar-refractivity contribution in [2.75, 3.05) is 0 Å². The van der Waals surface area contributed by atoms with Gasteiger partial charge in [0.1, 0.15) is 23.3 Å². The van der Waals surface area contributed by atoms with Crippen LogP contribution in [0.2, 0.25) is 6.22 Å². The van der Waals surface area contributed by atoms with Crippen LogP contribution in [-0.2, 0) is 96.3 Å². The molecule has 0 bridgehead atoms. The molecule has 20 nitrogen and oxygen atoms in total. The van der Waals surface area contributed by atoms with E-state index in [0.717, 1.165) is 99.4 Å². The summed E-state index contributed by atoms with van der Waals surface area (Å²) >= 11 is 6.94. The Kier molecular flexibility index (Phi) is 49.0. The first-order chi connectivity index (χ1) is 66.7. The van der Waals surface area contributed by atoms with Gasteiger partial charge in [0.25, 0.3) is 0 Å². The van der Waals surface area contributed by atoms with Gasteiger partial charge in [0.2, 0.25) is 0 Å². The number of hydrogen-bond acceptors (Lipinski definition) is 13. The Balaban J connectivity index is 0.000000259. The zero-order chi connectivity index (χ0) is 105. The van der Waals surface area contributed by atoms with Gasteiger partial charge in [-0.1, -0.05) is 211 Å². The third kappa shape index (κ3) is 32.9. The first-order valence-electron chi connectivity index (χ1n) is 50.5. The van der Waals surface area contributed by atoms with Crippen molar-refractivity contribution in [3.05, 3.63) is 243 Å². The van der Waals surface area contributed by atoms with E-state index >= 15 is 0 Å². The number of hydrogen-bond donors (Lipinski definition) is 0. The smallest absolute Gasteiger partial charge is 0.418 e. The van der Waals surface area contributed by atoms with Gasteiger partial charge in [0.05, 0.1) is 90.7 Å². The summed E-state index contributed by atoms with van der Waals surface area (Å²) in [6, 6.07) is 46.1. The zero-order valence-electron chi connectivity index (χ0n) is 92.0. The number of rotatable bonds is 14. The second-order valence-electron chi connectivity index (χ2n) is 41.3. The van der Waals surface area contributed by atoms with Crippen LogP contribution in [0, 0.1) is 46.6 Å². The van der Waals surface area contributed by atoms with E-state index in [-0.39, 0.29) is 120 Å². The third-order valence-electron chi connectivity index (χ3n) is 27.1. The molecule has 18 rings (SSSR count). The Hall–Kier alpha value is -7.22. The van der Waals surface area contributed by atoms with Crippen LogP contribution < -0.4 is 5.46 Å². The van der Waals surface area contributed by atoms with Crippen molar-refractivity contribution in [3.63, 3.8) is 0 Å². The molecule has 791 valence electrons. The van der Waals surface area contributed by atoms with E-state index in [1.54, 1.807) is 0 Å². The molecule has 7 aromatic heterocycles. The molecule has 3 saturated heterocycles. The number of benzene rings is 7. The summed E-state index contributed by atoms with van der Waals surface area (Å²) in [5.74, 6) is 8.63. The van der Waals surface area contributed by atoms with E-state index < -0.39 is 7.25 Å². The molecular weight excluding hydrogens is 2430 g/mol. The number of aromatic nitrogens is 14. The Morgan fingerprint density at radius 3 is 1.09 bits per heavy atom. The van der Waals surface area contributed by atoms with Gasteiger partial charge in [0, 0.05) is 113 Å². The van der Waals surface area contributed by atoms with Gasteiger partial charge in [-0.15, -0.1) is 47.7 Å². The number of para-hydroxylation sites is 3. The largest absolute Gasteiger partial charge is 3.00 e. The second kappa shape index (κ2) is 56.2. The predicted molar refractivity (Wildman–Crippen MR) is 607 cm³/mol. The van der Waals surface area contributed by atoms with Gasteiger partial charge in [-0.05, 0) is 241 Å². The Bertz CT molecular complexity index is 6090. The van der Waals surface area contributed by atoms with Crippen LogP contribution in [0.5, 0.6) is 0 Å². The third-order valence-corrected chi connectivity index (χ3v) is 28.1. The van der Waals surface area contributed by atoms with Crippen molar-refractivity contribution in [2.24, 2.45) is 28.2 Å². The summed E-state index contributed by atoms with van der Waals surface area (Å²) in [5.41, 5.74) is 22.3. The molecule has 1 aliphatic carbocycles. The zero-order valence-corrected chi connectivity index (χ0v) is 102. The maximum atomic E-state index is 9.75. The summed E-state index contributed by atoms with van der Waals surface area (Å²) < 4.78 is 91.3. The summed E-state index contributed by atoms with van der Waals surface area (Å²) in [7, 11) is 1.35. The van der Waals surface area contributed by atoms with Crippen molar-refractivity contribution in [2.45, 2.75) is 335 Å². The minimum atomic E-state index is -6.00. The van der Waals surface area contributed by atoms with E-state index in [2.05, 4.69) is 351 Å². The molecule has 14 aromatic rings. The molecule has 1 radical (unpaired) electrons. The number of fused-ring (bicyclic) bond motifs is 4. The molecule has 3 aliphatic heterocycles. The number of halogens is 7. The molecule has 2 atom stereocenters. The van der Waals surface area contributed by atoms with Crippen LogP contribution in [0.3, 0.4) is 0 Å². The van der Waals surface area contributed by atoms with Crippen LogP contribution in [0.4, 0.5) is 17.3 Å². The Labute approximate surface area is 925 Å². The fraction of sp³-hybridized carbons (Fsp3) is 0.491. The van der Waals surface area contributed by atoms with Crippen LogP contribution in [-0.4, -0.2) is 130 Å². The number of nitrogens with zero attached hydrogens (tertiary/aromatic N) is 14. The topological polar surface area (TPSA) is 180 Å². The molecule has 0 amide bonds. The molecule has 1 saturated carbocycles. The predicted octanol–water partition coefficient (Wildman–Crippen LogP) is 30.9. The normalized spacial score (nSPS) is 15.9. The van der Waals surface area contributed by atoms with Gasteiger partial charge >= 0.3 is 48.7 Å². The molecule has 145 heavy (non-hydrogen) atoms. The average molecular weight is 2590 g/mol. The first kappa shape index (κ1) is 126. The van der Waals surface area contributed by atoms with Crippen LogP contribution in [0.15, 0.2) is 168 Å². The monoisotopic (exact) mass is 2580 g/mol. The number of imidazole rings is 7. The van der Waals surface area contributed by atoms with Gasteiger partial charge in [-0.3, -0.25) is 19.1 Å². The van der Waals surface area contributed by atoms with E-state index in [9.17, 15) is 17.3 Å². The van der Waals surface area contributed by atoms with Crippen molar-refractivity contribution in [1.29, 1.82) is 0 Å². The molecule has 7 aromatic carbocycles. The molecule has 0 N–H and O–H groups in total. The molecule has 0 spiro atoms. The van der Waals surface area contributed by atoms with Gasteiger partial charge < -0.3 is 80.9 Å². The van der Waals surface area contributed by atoms with Crippen LogP contribution in [0.1, 0.15) is 324 Å². The quantitative estimate of drug-likeness (QED) is 0.0435. The Morgan fingerprint density at radius 1 is 0.421 bits per heavy atom. The molecule has 10 heterocycles. The standard InChI is InChI=1S/C24H28N4.C24H27N4.C15H21BN2O2.C15H19BrN2.C11H22B2O4.C9H9BrN2.C8H16.2C3H7.BF4.HI.2Ir/c2*1-15(2)19-8-7-9-20(16(3)4)23(19)28-13-12-25-24(28)18-10-11-22-21(14-18)26-17(5)27(22)6;1-10-17-12-9-11(7-8-13(12)18(10)6)16-19-14(2,3)15(4,5)20-16;1-10(2)12-6-5-7-13(11(3)4)14(12)18-9-8-17-15(18)16;1-8-9(2)15-12(14-8)7-13-16-10(3,4)11(5,6)17-13;1-6-11-8-5-7(10)3-4-9(8)12(6)2;1-2-4-6-8-7-5-3-1;2*1-3-2;2-1(3,4)5;;;/h7-16H,1-6H3;7-9,11-16H,1-6H3;7-9H,1-6H3;5-11H,1-4H3;8-9H,7H2,1-6H3;3-5H,1-2H3;1-8H2;2*3H,1-2H3;;1H;;/q;-1;;;;;;3*-1;;;+3. The summed E-state index contributed by atoms with van der Waals surface area (Å²) in [6.07, 6.45) is 28.7. The van der Waals surface area contributed by atoms with E-state index in [0.29, 0.717) is 41.7 Å². The average Bonchev–Trinajstić information content (AvgIpc) is 1.62. The molecule has 33 heteroatoms. The van der Waals surface area contributed by atoms with E-state index in [1.807, 2.05) is 146 Å². The summed E-state index contributed by atoms with van der Waals surface area (Å²) in [4.78, 5) is 32.1. The van der Waals surface area contributed by atoms with Crippen molar-refractivity contribution < 1.29 is 85.4 Å². The van der Waals surface area contributed by atoms with Crippen molar-refractivity contribution in [1.82, 2.24) is 66.9 Å². The minimum Gasteiger partial charge on any atom is -0.418 e. The van der Waals surface area contributed by atoms with Crippen molar-refractivity contribution >= 4 is 134 Å². The summed E-state index contributed by atoms with van der Waals surface area (Å²) in [6.45, 7) is 63.5. The van der Waals surface area contributed by atoms with E-state index in [4.69, 9.17) is 42.9 Å². The van der Waals surface area contributed by atoms with Gasteiger partial charge in [-0.2, -0.15) is 27.7 Å². The minimum absolute atomic E-state index is 0. The molecule has 4 fully saturated rings. The van der Waals surface area contributed by atoms with Crippen LogP contribution >= 0.6 is 55.8 Å². The molecular formula is C112H157B4Br2F4IIr2N14O6-. The van der Waals surface area contributed by atoms with Gasteiger partial charge in [-0.25, -0.2) is 24.9 Å². The second-order valence-corrected chi connectivity index (χ2v) is 42.9. The summed E-state index contributed by atoms with van der Waals surface area (Å²) in [5, 5.41) is 0. The fourth-order valence-corrected chi connectivity index (χ4v) is 18.0. The van der Waals surface area contributed by atoms with Crippen molar-refractivity contribution in [3.8, 4) is 39.8 Å². The SMILES string of the molecule is C1CCCCCCC1.CC(C)c1cccc(C(C)C)c1-n1ccnc1Br.CC1OB(CB2OC(C)(C)C(C)(C)O2)OC1C.C[CH-]C.C[CH-]C.Cc1nc2cc(-c3nccn3-c3c(C(C)C)cccc3C(C)C)[c-]cc2n1C.Cc1nc2cc(-c3nccn3-c3c(C(C)C)cccc3C(C)C)ccc2n1C.Cc1nc2cc(B3OC(C)(C)C(C)(C)O3)ccc2n1C.Cc1nc2cc(Br)ccc2n1C.F[B-](F)(F)F.I.[Ir+3].[Ir]. The van der Waals surface area contributed by atoms with Crippen LogP contribution in [0.25, 0.3) is 84.0 Å². The maximum absolute atomic E-state index is 9.75. The van der Waals surface area contributed by atoms with Gasteiger partial charge in [0.15, 0.2) is 4.73 Å². The first-order valence-corrected chi connectivity index (χ1v) is 52.1.